The van der Waals surface area contributed by atoms with E-state index in [9.17, 15) is 0 Å². The second kappa shape index (κ2) is 4.43. The van der Waals surface area contributed by atoms with Crippen LogP contribution in [0, 0.1) is 0 Å². The molecule has 13 heavy (non-hydrogen) atoms. The van der Waals surface area contributed by atoms with Gasteiger partial charge in [0.05, 0.1) is 12.7 Å². The van der Waals surface area contributed by atoms with E-state index in [0.29, 0.717) is 6.10 Å². The topological polar surface area (TPSA) is 12.5 Å². The first kappa shape index (κ1) is 11.0. The van der Waals surface area contributed by atoms with Crippen molar-refractivity contribution in [3.05, 3.63) is 0 Å². The van der Waals surface area contributed by atoms with E-state index < -0.39 is 0 Å². The Morgan fingerprint density at radius 1 is 1.38 bits per heavy atom. The van der Waals surface area contributed by atoms with Gasteiger partial charge in [0.1, 0.15) is 0 Å². The Bertz CT molecular complexity index is 158. The number of ether oxygens (including phenoxy) is 1. The quantitative estimate of drug-likeness (QED) is 0.669. The Kier molecular flexibility index (Phi) is 3.74. The van der Waals surface area contributed by atoms with Gasteiger partial charge in [-0.1, -0.05) is 6.42 Å². The Morgan fingerprint density at radius 3 is 2.62 bits per heavy atom. The molecule has 0 N–H and O–H groups in total. The summed E-state index contributed by atoms with van der Waals surface area (Å²) in [7, 11) is 2.21. The second-order valence-corrected chi connectivity index (χ2v) is 4.74. The maximum atomic E-state index is 5.71. The maximum Gasteiger partial charge on any atom is 0.0651 e. The predicted octanol–water partition coefficient (Wildman–Crippen LogP) is 2.29. The molecule has 1 aliphatic heterocycles. The van der Waals surface area contributed by atoms with Crippen molar-refractivity contribution >= 4 is 0 Å². The van der Waals surface area contributed by atoms with Crippen LogP contribution in [0.1, 0.15) is 40.0 Å². The number of hydrogen-bond acceptors (Lipinski definition) is 2. The van der Waals surface area contributed by atoms with E-state index >= 15 is 0 Å². The molecular formula is C11H23NO. The first-order valence-corrected chi connectivity index (χ1v) is 5.37. The van der Waals surface area contributed by atoms with E-state index in [-0.39, 0.29) is 5.54 Å². The summed E-state index contributed by atoms with van der Waals surface area (Å²) in [6.45, 7) is 8.62. The molecule has 0 aliphatic carbocycles. The van der Waals surface area contributed by atoms with Crippen LogP contribution in [-0.4, -0.2) is 36.7 Å². The van der Waals surface area contributed by atoms with Crippen molar-refractivity contribution in [3.8, 4) is 0 Å². The van der Waals surface area contributed by atoms with Crippen molar-refractivity contribution in [3.63, 3.8) is 0 Å². The Labute approximate surface area is 82.3 Å². The number of hydrogen-bond donors (Lipinski definition) is 0. The number of nitrogens with zero attached hydrogens (tertiary/aromatic N) is 1. The van der Waals surface area contributed by atoms with Crippen molar-refractivity contribution in [2.75, 3.05) is 20.2 Å². The molecule has 2 nitrogen and oxygen atoms in total. The van der Waals surface area contributed by atoms with Crippen LogP contribution in [0.5, 0.6) is 0 Å². The van der Waals surface area contributed by atoms with E-state index in [1.165, 1.54) is 25.8 Å². The first-order valence-electron chi connectivity index (χ1n) is 5.37. The van der Waals surface area contributed by atoms with Gasteiger partial charge in [-0.15, -0.1) is 0 Å². The van der Waals surface area contributed by atoms with Crippen LogP contribution in [0.25, 0.3) is 0 Å². The zero-order valence-corrected chi connectivity index (χ0v) is 9.47. The molecule has 1 fully saturated rings. The van der Waals surface area contributed by atoms with E-state index in [1.54, 1.807) is 0 Å². The number of likely N-dealkylation sites (tertiary alicyclic amines) is 1. The monoisotopic (exact) mass is 185 g/mol. The van der Waals surface area contributed by atoms with Crippen LogP contribution < -0.4 is 0 Å². The lowest BCUT2D eigenvalue weighted by Crippen LogP contribution is -2.50. The number of rotatable bonds is 3. The van der Waals surface area contributed by atoms with Gasteiger partial charge in [-0.25, -0.2) is 0 Å². The van der Waals surface area contributed by atoms with E-state index in [1.807, 2.05) is 0 Å². The summed E-state index contributed by atoms with van der Waals surface area (Å²) in [5.41, 5.74) is 0.280. The molecule has 0 bridgehead atoms. The van der Waals surface area contributed by atoms with Crippen LogP contribution >= 0.6 is 0 Å². The van der Waals surface area contributed by atoms with Crippen molar-refractivity contribution < 1.29 is 4.74 Å². The molecule has 2 heteroatoms. The first-order chi connectivity index (χ1) is 6.04. The highest BCUT2D eigenvalue weighted by atomic mass is 16.5. The zero-order valence-electron chi connectivity index (χ0n) is 9.47. The Hall–Kier alpha value is -0.0800. The fourth-order valence-electron chi connectivity index (χ4n) is 1.84. The molecule has 78 valence electrons. The van der Waals surface area contributed by atoms with Crippen molar-refractivity contribution in [1.82, 2.24) is 4.90 Å². The van der Waals surface area contributed by atoms with Crippen molar-refractivity contribution in [2.24, 2.45) is 0 Å². The number of likely N-dealkylation sites (N-methyl/N-ethyl adjacent to an activating group) is 1. The van der Waals surface area contributed by atoms with Gasteiger partial charge in [0.15, 0.2) is 0 Å². The maximum absolute atomic E-state index is 5.71. The summed E-state index contributed by atoms with van der Waals surface area (Å²) in [5, 5.41) is 0. The predicted molar refractivity (Wildman–Crippen MR) is 56.0 cm³/mol. The molecule has 1 heterocycles. The fourth-order valence-corrected chi connectivity index (χ4v) is 1.84. The lowest BCUT2D eigenvalue weighted by atomic mass is 9.90. The molecule has 0 saturated carbocycles. The fraction of sp³-hybridized carbons (Fsp3) is 1.00. The highest BCUT2D eigenvalue weighted by Crippen LogP contribution is 2.26. The highest BCUT2D eigenvalue weighted by Gasteiger charge is 2.31. The summed E-state index contributed by atoms with van der Waals surface area (Å²) in [4.78, 5) is 2.44. The SMILES string of the molecule is CC(C)OC[C@@]1(C)CCCCN1C. The standard InChI is InChI=1S/C11H23NO/c1-10(2)13-9-11(3)7-5-6-8-12(11)4/h10H,5-9H2,1-4H3/t11-/m1/s1. The van der Waals surface area contributed by atoms with Crippen LogP contribution in [0.2, 0.25) is 0 Å². The summed E-state index contributed by atoms with van der Waals surface area (Å²) >= 11 is 0. The summed E-state index contributed by atoms with van der Waals surface area (Å²) in [6, 6.07) is 0. The van der Waals surface area contributed by atoms with Crippen molar-refractivity contribution in [1.29, 1.82) is 0 Å². The van der Waals surface area contributed by atoms with Gasteiger partial charge in [0.25, 0.3) is 0 Å². The summed E-state index contributed by atoms with van der Waals surface area (Å²) < 4.78 is 5.71. The molecule has 1 rings (SSSR count). The van der Waals surface area contributed by atoms with Crippen molar-refractivity contribution in [2.45, 2.75) is 51.7 Å². The minimum Gasteiger partial charge on any atom is -0.377 e. The largest absolute Gasteiger partial charge is 0.377 e. The minimum absolute atomic E-state index is 0.280. The molecule has 0 aromatic rings. The van der Waals surface area contributed by atoms with E-state index in [2.05, 4.69) is 32.7 Å². The van der Waals surface area contributed by atoms with Crippen LogP contribution in [0.4, 0.5) is 0 Å². The van der Waals surface area contributed by atoms with Crippen LogP contribution in [0.3, 0.4) is 0 Å². The van der Waals surface area contributed by atoms with Crippen LogP contribution in [-0.2, 0) is 4.74 Å². The smallest absolute Gasteiger partial charge is 0.0651 e. The second-order valence-electron chi connectivity index (χ2n) is 4.74. The minimum atomic E-state index is 0.280. The molecular weight excluding hydrogens is 162 g/mol. The third-order valence-corrected chi connectivity index (χ3v) is 3.11. The van der Waals surface area contributed by atoms with Gasteiger partial charge in [-0.2, -0.15) is 0 Å². The molecule has 0 spiro atoms. The highest BCUT2D eigenvalue weighted by molar-refractivity contribution is 4.87. The third-order valence-electron chi connectivity index (χ3n) is 3.11. The van der Waals surface area contributed by atoms with E-state index in [0.717, 1.165) is 6.61 Å². The Balaban J connectivity index is 2.42. The van der Waals surface area contributed by atoms with Gasteiger partial charge >= 0.3 is 0 Å². The molecule has 0 aromatic carbocycles. The van der Waals surface area contributed by atoms with Gasteiger partial charge in [-0.05, 0) is 47.2 Å². The van der Waals surface area contributed by atoms with Gasteiger partial charge < -0.3 is 4.74 Å². The molecule has 1 aliphatic rings. The van der Waals surface area contributed by atoms with Gasteiger partial charge in [-0.3, -0.25) is 4.90 Å². The third kappa shape index (κ3) is 2.96. The van der Waals surface area contributed by atoms with Gasteiger partial charge in [0.2, 0.25) is 0 Å². The lowest BCUT2D eigenvalue weighted by Gasteiger charge is -2.42. The molecule has 1 atom stereocenters. The van der Waals surface area contributed by atoms with E-state index in [4.69, 9.17) is 4.74 Å². The molecule has 0 aromatic heterocycles. The normalized spacial score (nSPS) is 31.2. The lowest BCUT2D eigenvalue weighted by molar-refractivity contribution is -0.0296. The number of piperidine rings is 1. The average molecular weight is 185 g/mol. The molecule has 0 amide bonds. The zero-order chi connectivity index (χ0) is 9.90. The Morgan fingerprint density at radius 2 is 2.08 bits per heavy atom. The summed E-state index contributed by atoms with van der Waals surface area (Å²) in [5.74, 6) is 0. The molecule has 0 radical (unpaired) electrons. The van der Waals surface area contributed by atoms with Crippen LogP contribution in [0.15, 0.2) is 0 Å². The average Bonchev–Trinajstić information content (AvgIpc) is 2.07. The van der Waals surface area contributed by atoms with Gasteiger partial charge in [0, 0.05) is 5.54 Å². The summed E-state index contributed by atoms with van der Waals surface area (Å²) in [6.07, 6.45) is 4.32. The molecule has 0 unspecified atom stereocenters. The molecule has 1 saturated heterocycles.